The van der Waals surface area contributed by atoms with E-state index in [1.54, 1.807) is 0 Å². The standard InChI is InChI=1S/C41H30/c1-41(2)37-23-29(32-12-6-8-25-7-3-4-11-31(25)32)17-20-34(37)35-21-18-30(24-38(35)41)33-19-15-28-14-13-26-9-5-10-27-16-22-36(33)40(28)39(26)27/h3-13,15-24,39H,14H2,1-2H3. The SMILES string of the molecule is CC1(C)c2cc(-c3ccc4c5c3C=CC3=CC=CC(=CC4)C35)ccc2-c2ccc(-c3cccc4ccccc34)cc21. The molecule has 194 valence electrons. The number of hydrogen-bond donors (Lipinski definition) is 0. The molecule has 4 aliphatic carbocycles. The lowest BCUT2D eigenvalue weighted by molar-refractivity contribution is 0.661. The Morgan fingerprint density at radius 3 is 2.20 bits per heavy atom. The van der Waals surface area contributed by atoms with Gasteiger partial charge in [0.25, 0.3) is 0 Å². The third kappa shape index (κ3) is 3.16. The van der Waals surface area contributed by atoms with Gasteiger partial charge in [0.15, 0.2) is 0 Å². The summed E-state index contributed by atoms with van der Waals surface area (Å²) in [5.41, 5.74) is 18.0. The number of fused-ring (bicyclic) bond motifs is 4. The molecule has 1 atom stereocenters. The van der Waals surface area contributed by atoms with Crippen molar-refractivity contribution in [3.63, 3.8) is 0 Å². The van der Waals surface area contributed by atoms with Crippen molar-refractivity contribution in [3.05, 3.63) is 160 Å². The molecular weight excluding hydrogens is 492 g/mol. The molecule has 4 aliphatic rings. The Balaban J connectivity index is 1.17. The van der Waals surface area contributed by atoms with Crippen molar-refractivity contribution in [2.75, 3.05) is 0 Å². The maximum Gasteiger partial charge on any atom is 0.0345 e. The predicted octanol–water partition coefficient (Wildman–Crippen LogP) is 10.6. The Kier molecular flexibility index (Phi) is 4.60. The van der Waals surface area contributed by atoms with Crippen LogP contribution in [0.2, 0.25) is 0 Å². The molecule has 41 heavy (non-hydrogen) atoms. The van der Waals surface area contributed by atoms with E-state index in [2.05, 4.69) is 141 Å². The van der Waals surface area contributed by atoms with Crippen LogP contribution >= 0.6 is 0 Å². The summed E-state index contributed by atoms with van der Waals surface area (Å²) in [6.45, 7) is 4.79. The lowest BCUT2D eigenvalue weighted by Gasteiger charge is -2.34. The molecule has 1 unspecified atom stereocenters. The van der Waals surface area contributed by atoms with Crippen LogP contribution in [0.1, 0.15) is 47.6 Å². The van der Waals surface area contributed by atoms with Crippen molar-refractivity contribution < 1.29 is 0 Å². The second kappa shape index (κ2) is 8.18. The van der Waals surface area contributed by atoms with Gasteiger partial charge in [-0.15, -0.1) is 0 Å². The van der Waals surface area contributed by atoms with Gasteiger partial charge in [0, 0.05) is 11.3 Å². The molecule has 5 aromatic carbocycles. The molecule has 0 N–H and O–H groups in total. The van der Waals surface area contributed by atoms with Crippen LogP contribution in [0.5, 0.6) is 0 Å². The van der Waals surface area contributed by atoms with Crippen molar-refractivity contribution >= 4 is 16.8 Å². The van der Waals surface area contributed by atoms with Gasteiger partial charge in [0.05, 0.1) is 0 Å². The Hall–Kier alpha value is -4.68. The minimum Gasteiger partial charge on any atom is -0.0759 e. The number of benzene rings is 5. The molecule has 0 fully saturated rings. The van der Waals surface area contributed by atoms with Gasteiger partial charge in [-0.25, -0.2) is 0 Å². The van der Waals surface area contributed by atoms with Gasteiger partial charge in [0.1, 0.15) is 0 Å². The van der Waals surface area contributed by atoms with Crippen LogP contribution in [0.3, 0.4) is 0 Å². The highest BCUT2D eigenvalue weighted by molar-refractivity contribution is 5.98. The molecule has 0 heterocycles. The summed E-state index contributed by atoms with van der Waals surface area (Å²) in [6, 6.07) is 34.4. The molecule has 0 heteroatoms. The number of allylic oxidation sites excluding steroid dienone is 7. The zero-order valence-electron chi connectivity index (χ0n) is 23.4. The minimum absolute atomic E-state index is 0.0808. The largest absolute Gasteiger partial charge is 0.0759 e. The van der Waals surface area contributed by atoms with E-state index >= 15 is 0 Å². The molecule has 0 aliphatic heterocycles. The molecule has 0 aromatic heterocycles. The summed E-state index contributed by atoms with van der Waals surface area (Å²) in [5, 5.41) is 2.60. The van der Waals surface area contributed by atoms with E-state index in [0.29, 0.717) is 5.92 Å². The highest BCUT2D eigenvalue weighted by Gasteiger charge is 2.37. The first-order valence-corrected chi connectivity index (χ1v) is 14.8. The molecule has 9 rings (SSSR count). The molecule has 0 nitrogen and oxygen atoms in total. The maximum absolute atomic E-state index is 2.48. The summed E-state index contributed by atoms with van der Waals surface area (Å²) in [7, 11) is 0. The number of rotatable bonds is 2. The smallest absolute Gasteiger partial charge is 0.0345 e. The summed E-state index contributed by atoms with van der Waals surface area (Å²) >= 11 is 0. The first kappa shape index (κ1) is 23.1. The van der Waals surface area contributed by atoms with Crippen LogP contribution in [0, 0.1) is 0 Å². The fourth-order valence-corrected chi connectivity index (χ4v) is 7.92. The van der Waals surface area contributed by atoms with Gasteiger partial charge in [-0.2, -0.15) is 0 Å². The van der Waals surface area contributed by atoms with E-state index in [9.17, 15) is 0 Å². The first-order valence-electron chi connectivity index (χ1n) is 14.8. The van der Waals surface area contributed by atoms with Crippen molar-refractivity contribution in [1.29, 1.82) is 0 Å². The summed E-state index contributed by atoms with van der Waals surface area (Å²) in [5.74, 6) is 0.381. The minimum atomic E-state index is -0.0808. The zero-order valence-corrected chi connectivity index (χ0v) is 23.4. The molecule has 0 amide bonds. The van der Waals surface area contributed by atoms with Crippen LogP contribution in [-0.4, -0.2) is 0 Å². The Morgan fingerprint density at radius 2 is 1.37 bits per heavy atom. The van der Waals surface area contributed by atoms with E-state index in [-0.39, 0.29) is 5.41 Å². The molecule has 0 bridgehead atoms. The predicted molar refractivity (Wildman–Crippen MR) is 173 cm³/mol. The fourth-order valence-electron chi connectivity index (χ4n) is 7.92. The fraction of sp³-hybridized carbons (Fsp3) is 0.122. The topological polar surface area (TPSA) is 0 Å². The highest BCUT2D eigenvalue weighted by atomic mass is 14.4. The van der Waals surface area contributed by atoms with Gasteiger partial charge in [0.2, 0.25) is 0 Å². The summed E-state index contributed by atoms with van der Waals surface area (Å²) in [4.78, 5) is 0. The molecule has 5 aromatic rings. The van der Waals surface area contributed by atoms with Gasteiger partial charge in [-0.05, 0) is 102 Å². The van der Waals surface area contributed by atoms with E-state index in [1.165, 1.54) is 83.1 Å². The Labute approximate surface area is 241 Å². The van der Waals surface area contributed by atoms with Gasteiger partial charge >= 0.3 is 0 Å². The zero-order chi connectivity index (χ0) is 27.3. The van der Waals surface area contributed by atoms with Gasteiger partial charge < -0.3 is 0 Å². The quantitative estimate of drug-likeness (QED) is 0.216. The van der Waals surface area contributed by atoms with Crippen molar-refractivity contribution in [3.8, 4) is 33.4 Å². The molecule has 0 radical (unpaired) electrons. The molecule has 0 saturated carbocycles. The first-order chi connectivity index (χ1) is 20.1. The van der Waals surface area contributed by atoms with Crippen LogP contribution < -0.4 is 0 Å². The number of hydrogen-bond acceptors (Lipinski definition) is 0. The van der Waals surface area contributed by atoms with Crippen molar-refractivity contribution in [1.82, 2.24) is 0 Å². The average molecular weight is 523 g/mol. The molecule has 0 saturated heterocycles. The Morgan fingerprint density at radius 1 is 0.634 bits per heavy atom. The lowest BCUT2D eigenvalue weighted by Crippen LogP contribution is -2.18. The highest BCUT2D eigenvalue weighted by Crippen LogP contribution is 2.52. The summed E-state index contributed by atoms with van der Waals surface area (Å²) in [6.07, 6.45) is 14.9. The summed E-state index contributed by atoms with van der Waals surface area (Å²) < 4.78 is 0. The normalized spacial score (nSPS) is 18.4. The van der Waals surface area contributed by atoms with E-state index in [0.717, 1.165) is 6.42 Å². The van der Waals surface area contributed by atoms with E-state index < -0.39 is 0 Å². The maximum atomic E-state index is 2.48. The van der Waals surface area contributed by atoms with Gasteiger partial charge in [-0.1, -0.05) is 129 Å². The third-order valence-corrected chi connectivity index (χ3v) is 10.00. The second-order valence-corrected chi connectivity index (χ2v) is 12.5. The third-order valence-electron chi connectivity index (χ3n) is 10.00. The monoisotopic (exact) mass is 522 g/mol. The van der Waals surface area contributed by atoms with Crippen LogP contribution in [0.15, 0.2) is 133 Å². The van der Waals surface area contributed by atoms with E-state index in [1.807, 2.05) is 0 Å². The van der Waals surface area contributed by atoms with Crippen LogP contribution in [0.4, 0.5) is 0 Å². The Bertz CT molecular complexity index is 2080. The van der Waals surface area contributed by atoms with Crippen molar-refractivity contribution in [2.45, 2.75) is 31.6 Å². The van der Waals surface area contributed by atoms with Crippen LogP contribution in [0.25, 0.3) is 50.2 Å². The lowest BCUT2D eigenvalue weighted by atomic mass is 9.70. The van der Waals surface area contributed by atoms with E-state index in [4.69, 9.17) is 0 Å². The van der Waals surface area contributed by atoms with Crippen LogP contribution in [-0.2, 0) is 11.8 Å². The second-order valence-electron chi connectivity index (χ2n) is 12.5. The molecular formula is C41H30. The van der Waals surface area contributed by atoms with Crippen molar-refractivity contribution in [2.24, 2.45) is 0 Å². The average Bonchev–Trinajstić information content (AvgIpc) is 3.24. The molecule has 0 spiro atoms. The van der Waals surface area contributed by atoms with Gasteiger partial charge in [-0.3, -0.25) is 0 Å².